The van der Waals surface area contributed by atoms with Crippen molar-refractivity contribution in [2.24, 2.45) is 0 Å². The molecule has 0 spiro atoms. The molecule has 0 aliphatic carbocycles. The molecule has 162 valence electrons. The van der Waals surface area contributed by atoms with Gasteiger partial charge in [-0.05, 0) is 49.9 Å². The summed E-state index contributed by atoms with van der Waals surface area (Å²) in [6.07, 6.45) is 7.41. The van der Waals surface area contributed by atoms with Crippen molar-refractivity contribution in [2.75, 3.05) is 19.6 Å². The van der Waals surface area contributed by atoms with Crippen molar-refractivity contribution >= 4 is 5.91 Å². The minimum absolute atomic E-state index is 0.160. The molecule has 4 rings (SSSR count). The number of nitrogens with zero attached hydrogens (tertiary/aromatic N) is 4. The molecule has 1 aromatic heterocycles. The van der Waals surface area contributed by atoms with Gasteiger partial charge in [-0.3, -0.25) is 14.4 Å². The Bertz CT molecular complexity index is 935. The van der Waals surface area contributed by atoms with Crippen molar-refractivity contribution in [2.45, 2.75) is 44.7 Å². The van der Waals surface area contributed by atoms with Gasteiger partial charge >= 0.3 is 0 Å². The van der Waals surface area contributed by atoms with E-state index in [0.29, 0.717) is 12.2 Å². The molecule has 1 fully saturated rings. The minimum atomic E-state index is -0.160. The largest absolute Gasteiger partial charge is 0.349 e. The molecule has 0 saturated carbocycles. The predicted octanol–water partition coefficient (Wildman–Crippen LogP) is 3.87. The lowest BCUT2D eigenvalue weighted by atomic mass is 10.0. The number of benzene rings is 2. The normalized spacial score (nSPS) is 15.5. The summed E-state index contributed by atoms with van der Waals surface area (Å²) >= 11 is 0. The summed E-state index contributed by atoms with van der Waals surface area (Å²) < 4.78 is 1.76. The molecule has 0 unspecified atom stereocenters. The quantitative estimate of drug-likeness (QED) is 0.574. The van der Waals surface area contributed by atoms with E-state index in [1.54, 1.807) is 10.9 Å². The standard InChI is InChI=1S/C25H31N5O/c31-25(23-20-30(28-27-23)18-10-13-21-11-4-1-5-12-21)26-19-24(22-14-6-2-7-15-22)29-16-8-3-9-17-29/h1-2,4-7,11-12,14-15,20,24H,3,8-10,13,16-19H2,(H,26,31)/t24-/m0/s1. The van der Waals surface area contributed by atoms with E-state index in [1.165, 1.54) is 30.4 Å². The number of hydrogen-bond donors (Lipinski definition) is 1. The SMILES string of the molecule is O=C(NC[C@@H](c1ccccc1)N1CCCCC1)c1cn(CCCc2ccccc2)nn1. The van der Waals surface area contributed by atoms with Crippen LogP contribution in [0.25, 0.3) is 0 Å². The number of amides is 1. The lowest BCUT2D eigenvalue weighted by Crippen LogP contribution is -2.40. The van der Waals surface area contributed by atoms with Gasteiger partial charge in [0.05, 0.1) is 12.2 Å². The molecule has 3 aromatic rings. The molecule has 1 N–H and O–H groups in total. The van der Waals surface area contributed by atoms with Gasteiger partial charge in [0.15, 0.2) is 5.69 Å². The highest BCUT2D eigenvalue weighted by Crippen LogP contribution is 2.24. The van der Waals surface area contributed by atoms with E-state index in [2.05, 4.69) is 69.1 Å². The van der Waals surface area contributed by atoms with E-state index >= 15 is 0 Å². The molecule has 1 atom stereocenters. The summed E-state index contributed by atoms with van der Waals surface area (Å²) in [7, 11) is 0. The molecule has 1 aliphatic rings. The number of carbonyl (C=O) groups excluding carboxylic acids is 1. The van der Waals surface area contributed by atoms with Gasteiger partial charge in [0, 0.05) is 13.1 Å². The molecule has 0 radical (unpaired) electrons. The van der Waals surface area contributed by atoms with Crippen LogP contribution in [0.4, 0.5) is 0 Å². The van der Waals surface area contributed by atoms with Crippen LogP contribution in [0.1, 0.15) is 53.3 Å². The van der Waals surface area contributed by atoms with Crippen LogP contribution < -0.4 is 5.32 Å². The summed E-state index contributed by atoms with van der Waals surface area (Å²) in [4.78, 5) is 15.2. The fourth-order valence-electron chi connectivity index (χ4n) is 4.24. The second-order valence-electron chi connectivity index (χ2n) is 8.19. The number of hydrogen-bond acceptors (Lipinski definition) is 4. The Hall–Kier alpha value is -2.99. The van der Waals surface area contributed by atoms with Gasteiger partial charge in [-0.2, -0.15) is 0 Å². The molecule has 1 saturated heterocycles. The van der Waals surface area contributed by atoms with E-state index in [0.717, 1.165) is 32.5 Å². The molecule has 0 bridgehead atoms. The Kier molecular flexibility index (Phi) is 7.45. The Morgan fingerprint density at radius 2 is 1.68 bits per heavy atom. The topological polar surface area (TPSA) is 63.1 Å². The Balaban J connectivity index is 1.31. The Morgan fingerprint density at radius 3 is 2.42 bits per heavy atom. The van der Waals surface area contributed by atoms with Crippen LogP contribution in [0.15, 0.2) is 66.9 Å². The maximum Gasteiger partial charge on any atom is 0.273 e. The third-order valence-corrected chi connectivity index (χ3v) is 5.94. The van der Waals surface area contributed by atoms with Crippen LogP contribution in [0, 0.1) is 0 Å². The molecule has 31 heavy (non-hydrogen) atoms. The van der Waals surface area contributed by atoms with E-state index in [9.17, 15) is 4.79 Å². The monoisotopic (exact) mass is 417 g/mol. The molecule has 1 amide bonds. The van der Waals surface area contributed by atoms with Gasteiger partial charge < -0.3 is 5.32 Å². The first-order chi connectivity index (χ1) is 15.3. The van der Waals surface area contributed by atoms with Crippen LogP contribution in [-0.2, 0) is 13.0 Å². The third-order valence-electron chi connectivity index (χ3n) is 5.94. The van der Waals surface area contributed by atoms with Gasteiger partial charge in [-0.15, -0.1) is 5.10 Å². The van der Waals surface area contributed by atoms with Crippen molar-refractivity contribution in [1.29, 1.82) is 0 Å². The fourth-order valence-corrected chi connectivity index (χ4v) is 4.24. The van der Waals surface area contributed by atoms with Crippen molar-refractivity contribution in [3.63, 3.8) is 0 Å². The van der Waals surface area contributed by atoms with Gasteiger partial charge in [-0.1, -0.05) is 72.3 Å². The predicted molar refractivity (Wildman–Crippen MR) is 122 cm³/mol. The van der Waals surface area contributed by atoms with Crippen LogP contribution in [0.2, 0.25) is 0 Å². The highest BCUT2D eigenvalue weighted by atomic mass is 16.2. The minimum Gasteiger partial charge on any atom is -0.349 e. The highest BCUT2D eigenvalue weighted by Gasteiger charge is 2.23. The first-order valence-corrected chi connectivity index (χ1v) is 11.3. The number of aryl methyl sites for hydroxylation is 2. The molecular weight excluding hydrogens is 386 g/mol. The summed E-state index contributed by atoms with van der Waals surface area (Å²) in [6.45, 7) is 3.47. The first kappa shape index (κ1) is 21.2. The lowest BCUT2D eigenvalue weighted by Gasteiger charge is -2.35. The molecule has 1 aliphatic heterocycles. The van der Waals surface area contributed by atoms with Crippen molar-refractivity contribution in [3.05, 3.63) is 83.7 Å². The van der Waals surface area contributed by atoms with Crippen LogP contribution in [0.3, 0.4) is 0 Å². The maximum absolute atomic E-state index is 12.7. The molecule has 6 nitrogen and oxygen atoms in total. The van der Waals surface area contributed by atoms with E-state index in [1.807, 2.05) is 12.1 Å². The van der Waals surface area contributed by atoms with Crippen molar-refractivity contribution < 1.29 is 4.79 Å². The average Bonchev–Trinajstić information content (AvgIpc) is 3.30. The van der Waals surface area contributed by atoms with E-state index < -0.39 is 0 Å². The zero-order chi connectivity index (χ0) is 21.3. The number of piperidine rings is 1. The number of aromatic nitrogens is 3. The smallest absolute Gasteiger partial charge is 0.273 e. The molecule has 2 aromatic carbocycles. The van der Waals surface area contributed by atoms with Gasteiger partial charge in [0.1, 0.15) is 0 Å². The zero-order valence-corrected chi connectivity index (χ0v) is 18.0. The first-order valence-electron chi connectivity index (χ1n) is 11.3. The summed E-state index contributed by atoms with van der Waals surface area (Å²) in [5, 5.41) is 11.3. The Morgan fingerprint density at radius 1 is 0.968 bits per heavy atom. The summed E-state index contributed by atoms with van der Waals surface area (Å²) in [6, 6.07) is 21.0. The number of likely N-dealkylation sites (tertiary alicyclic amines) is 1. The fraction of sp³-hybridized carbons (Fsp3) is 0.400. The number of nitrogens with one attached hydrogen (secondary N) is 1. The van der Waals surface area contributed by atoms with E-state index in [-0.39, 0.29) is 11.9 Å². The molecule has 6 heteroatoms. The summed E-state index contributed by atoms with van der Waals surface area (Å²) in [5.41, 5.74) is 2.93. The second kappa shape index (κ2) is 10.9. The van der Waals surface area contributed by atoms with Crippen LogP contribution in [-0.4, -0.2) is 45.4 Å². The van der Waals surface area contributed by atoms with Gasteiger partial charge in [0.2, 0.25) is 0 Å². The van der Waals surface area contributed by atoms with Crippen LogP contribution in [0.5, 0.6) is 0 Å². The number of rotatable bonds is 9. The maximum atomic E-state index is 12.7. The second-order valence-corrected chi connectivity index (χ2v) is 8.19. The number of carbonyl (C=O) groups is 1. The lowest BCUT2D eigenvalue weighted by molar-refractivity contribution is 0.0919. The van der Waals surface area contributed by atoms with E-state index in [4.69, 9.17) is 0 Å². The summed E-state index contributed by atoms with van der Waals surface area (Å²) in [5.74, 6) is -0.160. The van der Waals surface area contributed by atoms with Crippen molar-refractivity contribution in [3.8, 4) is 0 Å². The molecule has 2 heterocycles. The van der Waals surface area contributed by atoms with Gasteiger partial charge in [0.25, 0.3) is 5.91 Å². The van der Waals surface area contributed by atoms with Gasteiger partial charge in [-0.25, -0.2) is 0 Å². The third kappa shape index (κ3) is 6.01. The molecular formula is C25H31N5O. The highest BCUT2D eigenvalue weighted by molar-refractivity contribution is 5.91. The average molecular weight is 418 g/mol. The zero-order valence-electron chi connectivity index (χ0n) is 18.0. The van der Waals surface area contributed by atoms with Crippen molar-refractivity contribution in [1.82, 2.24) is 25.2 Å². The Labute approximate surface area is 184 Å². The van der Waals surface area contributed by atoms with Crippen LogP contribution >= 0.6 is 0 Å².